The van der Waals surface area contributed by atoms with Crippen molar-refractivity contribution in [2.24, 2.45) is 0 Å². The van der Waals surface area contributed by atoms with Gasteiger partial charge in [-0.1, -0.05) is 48.9 Å². The van der Waals surface area contributed by atoms with E-state index in [1.54, 1.807) is 42.5 Å². The molecular weight excluding hydrogens is 402 g/mol. The number of amides is 1. The number of aliphatic hydroxyl groups is 1. The molecular formula is C24H20ClNO4. The quantitative estimate of drug-likeness (QED) is 0.346. The zero-order valence-corrected chi connectivity index (χ0v) is 17.3. The predicted octanol–water partition coefficient (Wildman–Crippen LogP) is 5.43. The van der Waals surface area contributed by atoms with E-state index in [0.29, 0.717) is 22.0 Å². The van der Waals surface area contributed by atoms with Gasteiger partial charge in [0.25, 0.3) is 11.7 Å². The SMILES string of the molecule is CCc1ccc(/C(O)=C2/C(=O)C(=O)N(c3ccc(C)c(Cl)c3)C2c2ccco2)cc1. The van der Waals surface area contributed by atoms with E-state index in [9.17, 15) is 14.7 Å². The summed E-state index contributed by atoms with van der Waals surface area (Å²) in [5, 5.41) is 11.5. The molecule has 2 aromatic carbocycles. The largest absolute Gasteiger partial charge is 0.507 e. The van der Waals surface area contributed by atoms with Crippen LogP contribution in [-0.2, 0) is 16.0 Å². The first-order valence-electron chi connectivity index (χ1n) is 9.62. The van der Waals surface area contributed by atoms with Crippen molar-refractivity contribution in [2.75, 3.05) is 4.90 Å². The Hall–Kier alpha value is -3.31. The van der Waals surface area contributed by atoms with E-state index in [2.05, 4.69) is 0 Å². The average molecular weight is 422 g/mol. The molecule has 0 aliphatic carbocycles. The van der Waals surface area contributed by atoms with Gasteiger partial charge in [0.1, 0.15) is 17.6 Å². The summed E-state index contributed by atoms with van der Waals surface area (Å²) in [7, 11) is 0. The van der Waals surface area contributed by atoms with Gasteiger partial charge < -0.3 is 9.52 Å². The van der Waals surface area contributed by atoms with Crippen LogP contribution in [0, 0.1) is 6.92 Å². The van der Waals surface area contributed by atoms with Gasteiger partial charge in [0.05, 0.1) is 11.8 Å². The molecule has 1 amide bonds. The van der Waals surface area contributed by atoms with E-state index in [-0.39, 0.29) is 11.3 Å². The number of aryl methyl sites for hydroxylation is 2. The van der Waals surface area contributed by atoms with Gasteiger partial charge in [-0.15, -0.1) is 0 Å². The number of halogens is 1. The molecule has 0 bridgehead atoms. The van der Waals surface area contributed by atoms with Gasteiger partial charge in [-0.05, 0) is 48.7 Å². The highest BCUT2D eigenvalue weighted by atomic mass is 35.5. The lowest BCUT2D eigenvalue weighted by Crippen LogP contribution is -2.29. The predicted molar refractivity (Wildman–Crippen MR) is 115 cm³/mol. The first-order chi connectivity index (χ1) is 14.4. The summed E-state index contributed by atoms with van der Waals surface area (Å²) in [6.45, 7) is 3.88. The van der Waals surface area contributed by atoms with Crippen molar-refractivity contribution in [2.45, 2.75) is 26.3 Å². The summed E-state index contributed by atoms with van der Waals surface area (Å²) < 4.78 is 5.55. The fourth-order valence-electron chi connectivity index (χ4n) is 3.60. The second-order valence-electron chi connectivity index (χ2n) is 7.17. The number of ketones is 1. The molecule has 30 heavy (non-hydrogen) atoms. The van der Waals surface area contributed by atoms with Gasteiger partial charge in [-0.2, -0.15) is 0 Å². The molecule has 1 fully saturated rings. The molecule has 1 aliphatic heterocycles. The Morgan fingerprint density at radius 1 is 1.13 bits per heavy atom. The van der Waals surface area contributed by atoms with Crippen molar-refractivity contribution in [1.29, 1.82) is 0 Å². The standard InChI is InChI=1S/C24H20ClNO4/c1-3-15-7-9-16(10-8-15)22(27)20-21(19-5-4-12-30-19)26(24(29)23(20)28)17-11-6-14(2)18(25)13-17/h4-13,21,27H,3H2,1-2H3/b22-20-. The molecule has 6 heteroatoms. The van der Waals surface area contributed by atoms with Gasteiger partial charge in [0, 0.05) is 16.3 Å². The lowest BCUT2D eigenvalue weighted by atomic mass is 9.98. The van der Waals surface area contributed by atoms with Gasteiger partial charge >= 0.3 is 0 Å². The van der Waals surface area contributed by atoms with Crippen LogP contribution in [0.4, 0.5) is 5.69 Å². The van der Waals surface area contributed by atoms with E-state index in [1.807, 2.05) is 26.0 Å². The van der Waals surface area contributed by atoms with E-state index in [0.717, 1.165) is 17.5 Å². The first kappa shape index (κ1) is 20.0. The second kappa shape index (κ2) is 7.84. The Morgan fingerprint density at radius 2 is 1.87 bits per heavy atom. The van der Waals surface area contributed by atoms with Crippen LogP contribution in [0.3, 0.4) is 0 Å². The molecule has 2 heterocycles. The average Bonchev–Trinajstić information content (AvgIpc) is 3.37. The third-order valence-corrected chi connectivity index (χ3v) is 5.73. The third-order valence-electron chi connectivity index (χ3n) is 5.33. The molecule has 152 valence electrons. The highest BCUT2D eigenvalue weighted by molar-refractivity contribution is 6.51. The fraction of sp³-hybridized carbons (Fsp3) is 0.167. The fourth-order valence-corrected chi connectivity index (χ4v) is 3.78. The minimum absolute atomic E-state index is 0.0177. The lowest BCUT2D eigenvalue weighted by Gasteiger charge is -2.23. The van der Waals surface area contributed by atoms with E-state index in [1.165, 1.54) is 11.2 Å². The van der Waals surface area contributed by atoms with Crippen LogP contribution < -0.4 is 4.90 Å². The minimum Gasteiger partial charge on any atom is -0.507 e. The first-order valence-corrected chi connectivity index (χ1v) is 10.00. The summed E-state index contributed by atoms with van der Waals surface area (Å²) in [5.74, 6) is -1.39. The number of Topliss-reactive ketones (excluding diaryl/α,β-unsaturated/α-hetero) is 1. The Labute approximate surface area is 179 Å². The van der Waals surface area contributed by atoms with Gasteiger partial charge in [-0.25, -0.2) is 0 Å². The number of rotatable bonds is 4. The molecule has 0 spiro atoms. The van der Waals surface area contributed by atoms with Gasteiger partial charge in [0.2, 0.25) is 0 Å². The minimum atomic E-state index is -0.898. The second-order valence-corrected chi connectivity index (χ2v) is 7.58. The number of benzene rings is 2. The lowest BCUT2D eigenvalue weighted by molar-refractivity contribution is -0.132. The van der Waals surface area contributed by atoms with Crippen molar-refractivity contribution < 1.29 is 19.1 Å². The number of aliphatic hydroxyl groups excluding tert-OH is 1. The molecule has 1 aliphatic rings. The molecule has 3 aromatic rings. The maximum Gasteiger partial charge on any atom is 0.300 e. The molecule has 0 saturated carbocycles. The molecule has 4 rings (SSSR count). The van der Waals surface area contributed by atoms with Crippen molar-refractivity contribution in [3.8, 4) is 0 Å². The number of carbonyl (C=O) groups is 2. The molecule has 1 unspecified atom stereocenters. The van der Waals surface area contributed by atoms with Crippen LogP contribution in [0.1, 0.15) is 35.4 Å². The molecule has 5 nitrogen and oxygen atoms in total. The number of carbonyl (C=O) groups excluding carboxylic acids is 2. The van der Waals surface area contributed by atoms with E-state index < -0.39 is 17.7 Å². The highest BCUT2D eigenvalue weighted by Gasteiger charge is 2.48. The molecule has 0 radical (unpaired) electrons. The smallest absolute Gasteiger partial charge is 0.300 e. The summed E-state index contributed by atoms with van der Waals surface area (Å²) >= 11 is 6.26. The Bertz CT molecular complexity index is 1150. The van der Waals surface area contributed by atoms with E-state index in [4.69, 9.17) is 16.0 Å². The molecule has 1 aromatic heterocycles. The normalized spacial score (nSPS) is 18.2. The van der Waals surface area contributed by atoms with Crippen LogP contribution in [0.15, 0.2) is 70.9 Å². The van der Waals surface area contributed by atoms with Crippen molar-refractivity contribution in [3.05, 3.63) is 93.9 Å². The Balaban J connectivity index is 1.90. The topological polar surface area (TPSA) is 70.8 Å². The summed E-state index contributed by atoms with van der Waals surface area (Å²) in [6, 6.07) is 14.8. The van der Waals surface area contributed by atoms with Gasteiger partial charge in [-0.3, -0.25) is 14.5 Å². The highest BCUT2D eigenvalue weighted by Crippen LogP contribution is 2.43. The Morgan fingerprint density at radius 3 is 2.47 bits per heavy atom. The zero-order chi connectivity index (χ0) is 21.4. The zero-order valence-electron chi connectivity index (χ0n) is 16.6. The van der Waals surface area contributed by atoms with Crippen LogP contribution in [0.2, 0.25) is 5.02 Å². The summed E-state index contributed by atoms with van der Waals surface area (Å²) in [5.41, 5.74) is 2.85. The molecule has 1 N–H and O–H groups in total. The summed E-state index contributed by atoms with van der Waals surface area (Å²) in [6.07, 6.45) is 2.32. The number of nitrogens with zero attached hydrogens (tertiary/aromatic N) is 1. The van der Waals surface area contributed by atoms with Crippen molar-refractivity contribution >= 4 is 34.7 Å². The van der Waals surface area contributed by atoms with Gasteiger partial charge in [0.15, 0.2) is 0 Å². The van der Waals surface area contributed by atoms with E-state index >= 15 is 0 Å². The molecule has 1 atom stereocenters. The summed E-state index contributed by atoms with van der Waals surface area (Å²) in [4.78, 5) is 27.3. The number of anilines is 1. The number of furan rings is 1. The monoisotopic (exact) mass is 421 g/mol. The third kappa shape index (κ3) is 3.31. The van der Waals surface area contributed by atoms with Crippen LogP contribution in [0.5, 0.6) is 0 Å². The number of hydrogen-bond donors (Lipinski definition) is 1. The maximum atomic E-state index is 13.0. The maximum absolute atomic E-state index is 13.0. The Kier molecular flexibility index (Phi) is 5.22. The molecule has 1 saturated heterocycles. The van der Waals surface area contributed by atoms with Crippen LogP contribution in [0.25, 0.3) is 5.76 Å². The van der Waals surface area contributed by atoms with Crippen molar-refractivity contribution in [3.63, 3.8) is 0 Å². The van der Waals surface area contributed by atoms with Crippen molar-refractivity contribution in [1.82, 2.24) is 0 Å². The number of hydrogen-bond acceptors (Lipinski definition) is 4. The van der Waals surface area contributed by atoms with Crippen LogP contribution in [-0.4, -0.2) is 16.8 Å². The van der Waals surface area contributed by atoms with Crippen LogP contribution >= 0.6 is 11.6 Å².